The molecule has 98 valence electrons. The lowest BCUT2D eigenvalue weighted by molar-refractivity contribution is -0.142. The van der Waals surface area contributed by atoms with Crippen molar-refractivity contribution in [3.05, 3.63) is 0 Å². The average Bonchev–Trinajstić information content (AvgIpc) is 2.28. The van der Waals surface area contributed by atoms with E-state index in [4.69, 9.17) is 4.74 Å². The van der Waals surface area contributed by atoms with Crippen molar-refractivity contribution >= 4 is 17.9 Å². The third-order valence-electron chi connectivity index (χ3n) is 1.82. The molecule has 0 saturated carbocycles. The molecule has 17 heavy (non-hydrogen) atoms. The number of rotatable bonds is 7. The Balaban J connectivity index is 3.42. The number of imide groups is 1. The highest BCUT2D eigenvalue weighted by molar-refractivity contribution is 5.94. The molecule has 0 spiro atoms. The second kappa shape index (κ2) is 9.59. The smallest absolute Gasteiger partial charge is 0.321 e. The van der Waals surface area contributed by atoms with Gasteiger partial charge in [-0.05, 0) is 6.92 Å². The summed E-state index contributed by atoms with van der Waals surface area (Å²) in [4.78, 5) is 32.8. The van der Waals surface area contributed by atoms with Gasteiger partial charge in [0, 0.05) is 26.6 Å². The lowest BCUT2D eigenvalue weighted by Gasteiger charge is -2.05. The molecule has 0 bridgehead atoms. The van der Waals surface area contributed by atoms with E-state index < -0.39 is 6.03 Å². The molecule has 0 aliphatic carbocycles. The Bertz CT molecular complexity index is 268. The van der Waals surface area contributed by atoms with Crippen LogP contribution in [0.5, 0.6) is 0 Å². The van der Waals surface area contributed by atoms with Crippen LogP contribution in [-0.4, -0.2) is 44.7 Å². The molecular weight excluding hydrogens is 226 g/mol. The monoisotopic (exact) mass is 245 g/mol. The molecule has 0 aliphatic rings. The van der Waals surface area contributed by atoms with E-state index in [0.29, 0.717) is 19.7 Å². The van der Waals surface area contributed by atoms with Gasteiger partial charge < -0.3 is 15.4 Å². The fourth-order valence-electron chi connectivity index (χ4n) is 1.00. The third kappa shape index (κ3) is 9.31. The van der Waals surface area contributed by atoms with Gasteiger partial charge in [-0.3, -0.25) is 14.9 Å². The Labute approximate surface area is 100 Å². The molecule has 7 nitrogen and oxygen atoms in total. The number of esters is 1. The van der Waals surface area contributed by atoms with Crippen molar-refractivity contribution in [1.82, 2.24) is 16.0 Å². The van der Waals surface area contributed by atoms with E-state index in [2.05, 4.69) is 16.0 Å². The van der Waals surface area contributed by atoms with Gasteiger partial charge in [-0.1, -0.05) is 0 Å². The standard InChI is InChI=1S/C10H19N3O4/c1-3-17-9(15)5-7-12-6-4-8(14)13-10(16)11-2/h12H,3-7H2,1-2H3,(H2,11,13,14,16). The summed E-state index contributed by atoms with van der Waals surface area (Å²) in [5.74, 6) is -0.636. The number of ether oxygens (including phenoxy) is 1. The van der Waals surface area contributed by atoms with E-state index in [9.17, 15) is 14.4 Å². The van der Waals surface area contributed by atoms with E-state index in [1.165, 1.54) is 7.05 Å². The normalized spacial score (nSPS) is 9.53. The van der Waals surface area contributed by atoms with Gasteiger partial charge in [-0.2, -0.15) is 0 Å². The number of carbonyl (C=O) groups is 3. The topological polar surface area (TPSA) is 96.5 Å². The van der Waals surface area contributed by atoms with Crippen LogP contribution >= 0.6 is 0 Å². The first-order chi connectivity index (χ1) is 8.10. The molecule has 0 saturated heterocycles. The van der Waals surface area contributed by atoms with Crippen LogP contribution in [0, 0.1) is 0 Å². The zero-order chi connectivity index (χ0) is 13.1. The molecule has 3 amide bonds. The van der Waals surface area contributed by atoms with Crippen LogP contribution in [-0.2, 0) is 14.3 Å². The van der Waals surface area contributed by atoms with Gasteiger partial charge in [0.1, 0.15) is 0 Å². The molecule has 7 heteroatoms. The van der Waals surface area contributed by atoms with E-state index in [0.717, 1.165) is 0 Å². The highest BCUT2D eigenvalue weighted by Gasteiger charge is 2.05. The predicted molar refractivity (Wildman–Crippen MR) is 61.3 cm³/mol. The Hall–Kier alpha value is -1.63. The molecule has 0 aromatic carbocycles. The van der Waals surface area contributed by atoms with Gasteiger partial charge >= 0.3 is 12.0 Å². The van der Waals surface area contributed by atoms with Gasteiger partial charge in [0.2, 0.25) is 5.91 Å². The highest BCUT2D eigenvalue weighted by Crippen LogP contribution is 1.85. The second-order valence-corrected chi connectivity index (χ2v) is 3.18. The molecule has 0 aliphatic heterocycles. The van der Waals surface area contributed by atoms with Crippen LogP contribution in [0.3, 0.4) is 0 Å². The number of nitrogens with one attached hydrogen (secondary N) is 3. The van der Waals surface area contributed by atoms with Crippen LogP contribution < -0.4 is 16.0 Å². The van der Waals surface area contributed by atoms with Crippen molar-refractivity contribution in [3.8, 4) is 0 Å². The number of urea groups is 1. The van der Waals surface area contributed by atoms with Crippen LogP contribution in [0.1, 0.15) is 19.8 Å². The SMILES string of the molecule is CCOC(=O)CCNCCC(=O)NC(=O)NC. The average molecular weight is 245 g/mol. The van der Waals surface area contributed by atoms with Gasteiger partial charge in [0.05, 0.1) is 13.0 Å². The number of amides is 3. The Morgan fingerprint density at radius 1 is 1.12 bits per heavy atom. The van der Waals surface area contributed by atoms with Crippen molar-refractivity contribution < 1.29 is 19.1 Å². The van der Waals surface area contributed by atoms with Crippen LogP contribution in [0.25, 0.3) is 0 Å². The van der Waals surface area contributed by atoms with Crippen molar-refractivity contribution in [1.29, 1.82) is 0 Å². The summed E-state index contributed by atoms with van der Waals surface area (Å²) in [6.45, 7) is 2.97. The van der Waals surface area contributed by atoms with Gasteiger partial charge in [-0.25, -0.2) is 4.79 Å². The summed E-state index contributed by atoms with van der Waals surface area (Å²) in [6.07, 6.45) is 0.446. The van der Waals surface area contributed by atoms with Gasteiger partial charge in [0.15, 0.2) is 0 Å². The number of carbonyl (C=O) groups excluding carboxylic acids is 3. The van der Waals surface area contributed by atoms with E-state index in [1.807, 2.05) is 0 Å². The van der Waals surface area contributed by atoms with Gasteiger partial charge in [-0.15, -0.1) is 0 Å². The van der Waals surface area contributed by atoms with Crippen LogP contribution in [0.15, 0.2) is 0 Å². The van der Waals surface area contributed by atoms with Crippen LogP contribution in [0.4, 0.5) is 4.79 Å². The first-order valence-electron chi connectivity index (χ1n) is 5.48. The van der Waals surface area contributed by atoms with Crippen LogP contribution in [0.2, 0.25) is 0 Å². The Morgan fingerprint density at radius 3 is 2.35 bits per heavy atom. The summed E-state index contributed by atoms with van der Waals surface area (Å²) in [5.41, 5.74) is 0. The minimum absolute atomic E-state index is 0.177. The summed E-state index contributed by atoms with van der Waals surface area (Å²) in [5, 5.41) is 7.31. The first kappa shape index (κ1) is 15.4. The fourth-order valence-corrected chi connectivity index (χ4v) is 1.00. The second-order valence-electron chi connectivity index (χ2n) is 3.18. The molecule has 3 N–H and O–H groups in total. The van der Waals surface area contributed by atoms with Crippen molar-refractivity contribution in [2.75, 3.05) is 26.7 Å². The molecule has 0 heterocycles. The van der Waals surface area contributed by atoms with E-state index in [1.54, 1.807) is 6.92 Å². The third-order valence-corrected chi connectivity index (χ3v) is 1.82. The maximum atomic E-state index is 11.1. The van der Waals surface area contributed by atoms with Crippen molar-refractivity contribution in [3.63, 3.8) is 0 Å². The number of hydrogen-bond donors (Lipinski definition) is 3. The summed E-state index contributed by atoms with van der Waals surface area (Å²) < 4.78 is 4.73. The molecule has 0 aromatic heterocycles. The first-order valence-corrected chi connectivity index (χ1v) is 5.48. The molecule has 0 aromatic rings. The molecular formula is C10H19N3O4. The summed E-state index contributed by atoms with van der Waals surface area (Å²) >= 11 is 0. The molecule has 0 atom stereocenters. The molecule has 0 radical (unpaired) electrons. The zero-order valence-electron chi connectivity index (χ0n) is 10.2. The highest BCUT2D eigenvalue weighted by atomic mass is 16.5. The summed E-state index contributed by atoms with van der Waals surface area (Å²) in [6, 6.07) is -0.526. The maximum Gasteiger partial charge on any atom is 0.321 e. The minimum atomic E-state index is -0.526. The lowest BCUT2D eigenvalue weighted by atomic mass is 10.3. The quantitative estimate of drug-likeness (QED) is 0.410. The van der Waals surface area contributed by atoms with Crippen molar-refractivity contribution in [2.45, 2.75) is 19.8 Å². The molecule has 0 rings (SSSR count). The molecule has 0 unspecified atom stereocenters. The molecule has 0 fully saturated rings. The van der Waals surface area contributed by atoms with Gasteiger partial charge in [0.25, 0.3) is 0 Å². The largest absolute Gasteiger partial charge is 0.466 e. The maximum absolute atomic E-state index is 11.1. The Kier molecular flexibility index (Phi) is 8.67. The lowest BCUT2D eigenvalue weighted by Crippen LogP contribution is -2.38. The zero-order valence-corrected chi connectivity index (χ0v) is 10.2. The number of hydrogen-bond acceptors (Lipinski definition) is 5. The Morgan fingerprint density at radius 2 is 1.76 bits per heavy atom. The van der Waals surface area contributed by atoms with E-state index >= 15 is 0 Å². The minimum Gasteiger partial charge on any atom is -0.466 e. The fraction of sp³-hybridized carbons (Fsp3) is 0.700. The predicted octanol–water partition coefficient (Wildman–Crippen LogP) is -0.625. The van der Waals surface area contributed by atoms with Crippen molar-refractivity contribution in [2.24, 2.45) is 0 Å². The van der Waals surface area contributed by atoms with E-state index in [-0.39, 0.29) is 24.7 Å². The summed E-state index contributed by atoms with van der Waals surface area (Å²) in [7, 11) is 1.43.